The SMILES string of the molecule is CCN(Cc1ccc(Cl)c(Cl)c1)C(=O)c1ccc(C)n1C. The molecule has 0 fully saturated rings. The number of hydrogen-bond donors (Lipinski definition) is 0. The Bertz CT molecular complexity index is 664. The van der Waals surface area contributed by atoms with E-state index in [4.69, 9.17) is 23.2 Å². The first kappa shape index (κ1) is 15.9. The molecule has 0 bridgehead atoms. The van der Waals surface area contributed by atoms with Crippen molar-refractivity contribution in [2.75, 3.05) is 6.54 Å². The Morgan fingerprint density at radius 2 is 1.90 bits per heavy atom. The lowest BCUT2D eigenvalue weighted by molar-refractivity contribution is 0.0742. The van der Waals surface area contributed by atoms with Gasteiger partial charge in [0, 0.05) is 25.8 Å². The van der Waals surface area contributed by atoms with Crippen LogP contribution in [0.15, 0.2) is 30.3 Å². The van der Waals surface area contributed by atoms with Crippen LogP contribution in [0.2, 0.25) is 10.0 Å². The predicted molar refractivity (Wildman–Crippen MR) is 87.0 cm³/mol. The van der Waals surface area contributed by atoms with Crippen molar-refractivity contribution in [3.8, 4) is 0 Å². The van der Waals surface area contributed by atoms with Gasteiger partial charge in [-0.25, -0.2) is 0 Å². The molecule has 1 aromatic heterocycles. The van der Waals surface area contributed by atoms with Gasteiger partial charge in [0.1, 0.15) is 5.69 Å². The van der Waals surface area contributed by atoms with Crippen LogP contribution in [0.1, 0.15) is 28.7 Å². The van der Waals surface area contributed by atoms with Crippen LogP contribution in [0.25, 0.3) is 0 Å². The molecular weight excluding hydrogens is 307 g/mol. The number of aryl methyl sites for hydroxylation is 1. The molecular formula is C16H18Cl2N2O. The van der Waals surface area contributed by atoms with Crippen molar-refractivity contribution in [3.05, 3.63) is 57.3 Å². The van der Waals surface area contributed by atoms with E-state index in [1.54, 1.807) is 17.0 Å². The fourth-order valence-electron chi connectivity index (χ4n) is 2.18. The maximum absolute atomic E-state index is 12.6. The second-order valence-corrected chi connectivity index (χ2v) is 5.80. The Labute approximate surface area is 135 Å². The highest BCUT2D eigenvalue weighted by Gasteiger charge is 2.18. The number of rotatable bonds is 4. The van der Waals surface area contributed by atoms with Gasteiger partial charge in [0.05, 0.1) is 10.0 Å². The fraction of sp³-hybridized carbons (Fsp3) is 0.312. The molecule has 0 aliphatic rings. The van der Waals surface area contributed by atoms with Gasteiger partial charge in [0.25, 0.3) is 5.91 Å². The minimum Gasteiger partial charge on any atom is -0.344 e. The zero-order chi connectivity index (χ0) is 15.6. The third-order valence-electron chi connectivity index (χ3n) is 3.62. The number of carbonyl (C=O) groups excluding carboxylic acids is 1. The molecule has 0 spiro atoms. The standard InChI is InChI=1S/C16H18Cl2N2O/c1-4-20(10-12-6-7-13(17)14(18)9-12)16(21)15-8-5-11(2)19(15)3/h5-9H,4,10H2,1-3H3. The highest BCUT2D eigenvalue weighted by Crippen LogP contribution is 2.23. The average molecular weight is 325 g/mol. The largest absolute Gasteiger partial charge is 0.344 e. The van der Waals surface area contributed by atoms with E-state index in [2.05, 4.69) is 0 Å². The summed E-state index contributed by atoms with van der Waals surface area (Å²) in [6, 6.07) is 9.25. The first-order chi connectivity index (χ1) is 9.93. The topological polar surface area (TPSA) is 25.2 Å². The van der Waals surface area contributed by atoms with Crippen LogP contribution >= 0.6 is 23.2 Å². The molecule has 2 rings (SSSR count). The lowest BCUT2D eigenvalue weighted by Gasteiger charge is -2.21. The van der Waals surface area contributed by atoms with E-state index in [9.17, 15) is 4.79 Å². The van der Waals surface area contributed by atoms with Crippen LogP contribution in [0, 0.1) is 6.92 Å². The molecule has 1 amide bonds. The van der Waals surface area contributed by atoms with Crippen LogP contribution in [-0.4, -0.2) is 21.9 Å². The Morgan fingerprint density at radius 3 is 2.43 bits per heavy atom. The molecule has 0 aliphatic carbocycles. The van der Waals surface area contributed by atoms with E-state index in [1.165, 1.54) is 0 Å². The molecule has 0 N–H and O–H groups in total. The van der Waals surface area contributed by atoms with Gasteiger partial charge in [0.2, 0.25) is 0 Å². The number of nitrogens with zero attached hydrogens (tertiary/aromatic N) is 2. The number of hydrogen-bond acceptors (Lipinski definition) is 1. The summed E-state index contributed by atoms with van der Waals surface area (Å²) in [4.78, 5) is 14.4. The van der Waals surface area contributed by atoms with Gasteiger partial charge in [-0.1, -0.05) is 29.3 Å². The van der Waals surface area contributed by atoms with Crippen LogP contribution < -0.4 is 0 Å². The molecule has 0 aliphatic heterocycles. The lowest BCUT2D eigenvalue weighted by Crippen LogP contribution is -2.31. The van der Waals surface area contributed by atoms with E-state index >= 15 is 0 Å². The van der Waals surface area contributed by atoms with E-state index in [0.717, 1.165) is 11.3 Å². The minimum absolute atomic E-state index is 0.0131. The molecule has 0 radical (unpaired) electrons. The minimum atomic E-state index is 0.0131. The summed E-state index contributed by atoms with van der Waals surface area (Å²) in [7, 11) is 1.90. The molecule has 112 valence electrons. The van der Waals surface area contributed by atoms with Crippen LogP contribution in [0.5, 0.6) is 0 Å². The highest BCUT2D eigenvalue weighted by atomic mass is 35.5. The molecule has 1 heterocycles. The molecule has 0 unspecified atom stereocenters. The quantitative estimate of drug-likeness (QED) is 0.823. The highest BCUT2D eigenvalue weighted by molar-refractivity contribution is 6.42. The van der Waals surface area contributed by atoms with Crippen LogP contribution in [-0.2, 0) is 13.6 Å². The smallest absolute Gasteiger partial charge is 0.270 e. The van der Waals surface area contributed by atoms with Gasteiger partial charge in [-0.05, 0) is 43.7 Å². The van der Waals surface area contributed by atoms with Crippen LogP contribution in [0.4, 0.5) is 0 Å². The van der Waals surface area contributed by atoms with Crippen LogP contribution in [0.3, 0.4) is 0 Å². The third-order valence-corrected chi connectivity index (χ3v) is 4.36. The van der Waals surface area contributed by atoms with Gasteiger partial charge in [-0.15, -0.1) is 0 Å². The molecule has 21 heavy (non-hydrogen) atoms. The zero-order valence-electron chi connectivity index (χ0n) is 12.4. The first-order valence-electron chi connectivity index (χ1n) is 6.79. The summed E-state index contributed by atoms with van der Waals surface area (Å²) in [6.45, 7) is 5.08. The van der Waals surface area contributed by atoms with E-state index in [-0.39, 0.29) is 5.91 Å². The summed E-state index contributed by atoms with van der Waals surface area (Å²) >= 11 is 11.9. The van der Waals surface area contributed by atoms with Crippen molar-refractivity contribution in [2.45, 2.75) is 20.4 Å². The number of amides is 1. The van der Waals surface area contributed by atoms with Crippen molar-refractivity contribution in [3.63, 3.8) is 0 Å². The molecule has 3 nitrogen and oxygen atoms in total. The summed E-state index contributed by atoms with van der Waals surface area (Å²) in [6.07, 6.45) is 0. The Hall–Kier alpha value is -1.45. The number of aromatic nitrogens is 1. The van der Waals surface area contributed by atoms with Gasteiger partial charge < -0.3 is 9.47 Å². The summed E-state index contributed by atoms with van der Waals surface area (Å²) in [5.74, 6) is 0.0131. The van der Waals surface area contributed by atoms with E-state index in [1.807, 2.05) is 43.7 Å². The Kier molecular flexibility index (Phi) is 4.96. The molecule has 0 atom stereocenters. The zero-order valence-corrected chi connectivity index (χ0v) is 13.9. The third kappa shape index (κ3) is 3.42. The lowest BCUT2D eigenvalue weighted by atomic mass is 10.2. The fourth-order valence-corrected chi connectivity index (χ4v) is 2.50. The van der Waals surface area contributed by atoms with Gasteiger partial charge in [-0.3, -0.25) is 4.79 Å². The van der Waals surface area contributed by atoms with Gasteiger partial charge in [0.15, 0.2) is 0 Å². The maximum Gasteiger partial charge on any atom is 0.270 e. The van der Waals surface area contributed by atoms with Crippen molar-refractivity contribution in [1.29, 1.82) is 0 Å². The average Bonchev–Trinajstić information content (AvgIpc) is 2.79. The van der Waals surface area contributed by atoms with Crippen molar-refractivity contribution >= 4 is 29.1 Å². The normalized spacial score (nSPS) is 10.7. The second kappa shape index (κ2) is 6.54. The maximum atomic E-state index is 12.6. The van der Waals surface area contributed by atoms with Crippen molar-refractivity contribution in [1.82, 2.24) is 9.47 Å². The predicted octanol–water partition coefficient (Wildman–Crippen LogP) is 4.30. The van der Waals surface area contributed by atoms with Crippen molar-refractivity contribution in [2.24, 2.45) is 7.05 Å². The Morgan fingerprint density at radius 1 is 1.19 bits per heavy atom. The van der Waals surface area contributed by atoms with Crippen molar-refractivity contribution < 1.29 is 4.79 Å². The summed E-state index contributed by atoms with van der Waals surface area (Å²) < 4.78 is 1.90. The molecule has 1 aromatic carbocycles. The monoisotopic (exact) mass is 324 g/mol. The summed E-state index contributed by atoms with van der Waals surface area (Å²) in [5, 5.41) is 1.03. The molecule has 5 heteroatoms. The molecule has 2 aromatic rings. The number of benzene rings is 1. The molecule has 0 saturated heterocycles. The van der Waals surface area contributed by atoms with Gasteiger partial charge >= 0.3 is 0 Å². The summed E-state index contributed by atoms with van der Waals surface area (Å²) in [5.41, 5.74) is 2.71. The number of carbonyl (C=O) groups is 1. The second-order valence-electron chi connectivity index (χ2n) is 4.99. The molecule has 0 saturated carbocycles. The number of halogens is 2. The first-order valence-corrected chi connectivity index (χ1v) is 7.55. The Balaban J connectivity index is 2.21. The van der Waals surface area contributed by atoms with E-state index in [0.29, 0.717) is 28.8 Å². The van der Waals surface area contributed by atoms with Gasteiger partial charge in [-0.2, -0.15) is 0 Å². The van der Waals surface area contributed by atoms with E-state index < -0.39 is 0 Å².